The van der Waals surface area contributed by atoms with Gasteiger partial charge in [-0.2, -0.15) is 0 Å². The molecule has 0 fully saturated rings. The van der Waals surface area contributed by atoms with Crippen LogP contribution in [0.3, 0.4) is 0 Å². The number of ether oxygens (including phenoxy) is 1. The van der Waals surface area contributed by atoms with Crippen molar-refractivity contribution >= 4 is 40.8 Å². The van der Waals surface area contributed by atoms with E-state index in [0.717, 1.165) is 31.0 Å². The molecule has 0 saturated heterocycles. The van der Waals surface area contributed by atoms with Crippen LogP contribution in [0.5, 0.6) is 5.75 Å². The third kappa shape index (κ3) is 5.18. The molecular formula is C17H21Cl3N6O. The van der Waals surface area contributed by atoms with Gasteiger partial charge in [-0.25, -0.2) is 0 Å². The van der Waals surface area contributed by atoms with Gasteiger partial charge in [0.25, 0.3) is 0 Å². The summed E-state index contributed by atoms with van der Waals surface area (Å²) in [4.78, 5) is 4.20. The summed E-state index contributed by atoms with van der Waals surface area (Å²) < 4.78 is 7.83. The zero-order chi connectivity index (χ0) is 19.2. The zero-order valence-electron chi connectivity index (χ0n) is 14.9. The van der Waals surface area contributed by atoms with Crippen molar-refractivity contribution in [1.29, 1.82) is 0 Å². The molecule has 7 nitrogen and oxygen atoms in total. The van der Waals surface area contributed by atoms with Crippen molar-refractivity contribution in [2.24, 2.45) is 4.99 Å². The van der Waals surface area contributed by atoms with E-state index in [-0.39, 0.29) is 0 Å². The van der Waals surface area contributed by atoms with Gasteiger partial charge in [-0.1, -0.05) is 34.8 Å². The maximum atomic E-state index is 6.10. The molecule has 1 aromatic heterocycles. The Morgan fingerprint density at radius 3 is 2.70 bits per heavy atom. The molecule has 0 spiro atoms. The van der Waals surface area contributed by atoms with Gasteiger partial charge in [0.15, 0.2) is 17.5 Å². The number of benzene rings is 1. The van der Waals surface area contributed by atoms with Crippen LogP contribution < -0.4 is 15.4 Å². The summed E-state index contributed by atoms with van der Waals surface area (Å²) in [6, 6.07) is 3.19. The van der Waals surface area contributed by atoms with Gasteiger partial charge in [-0.3, -0.25) is 4.99 Å². The van der Waals surface area contributed by atoms with Crippen LogP contribution in [-0.4, -0.2) is 40.9 Å². The number of aliphatic imine (C=N–C) groups is 1. The standard InChI is InChI=1S/C17H21Cl3N6O/c1-21-17(23-10-15-25-24-14-4-2-3-6-26(14)15)22-5-7-27-16-12(19)8-11(18)9-13(16)20/h8-9H,2-7,10H2,1H3,(H2,21,22,23). The van der Waals surface area contributed by atoms with E-state index >= 15 is 0 Å². The van der Waals surface area contributed by atoms with Gasteiger partial charge in [0.05, 0.1) is 23.1 Å². The topological polar surface area (TPSA) is 76.4 Å². The second kappa shape index (κ2) is 9.48. The summed E-state index contributed by atoms with van der Waals surface area (Å²) in [5.41, 5.74) is 0. The van der Waals surface area contributed by atoms with Crippen molar-refractivity contribution in [3.8, 4) is 5.75 Å². The normalized spacial score (nSPS) is 14.0. The predicted molar refractivity (Wildman–Crippen MR) is 108 cm³/mol. The lowest BCUT2D eigenvalue weighted by atomic mass is 10.2. The van der Waals surface area contributed by atoms with Gasteiger partial charge in [0.1, 0.15) is 12.4 Å². The fourth-order valence-corrected chi connectivity index (χ4v) is 3.80. The van der Waals surface area contributed by atoms with Gasteiger partial charge in [-0.15, -0.1) is 10.2 Å². The number of guanidine groups is 1. The monoisotopic (exact) mass is 430 g/mol. The summed E-state index contributed by atoms with van der Waals surface area (Å²) in [6.45, 7) is 2.42. The molecule has 0 atom stereocenters. The largest absolute Gasteiger partial charge is 0.489 e. The lowest BCUT2D eigenvalue weighted by Crippen LogP contribution is -2.39. The number of nitrogens with one attached hydrogen (secondary N) is 2. The molecule has 0 aliphatic carbocycles. The van der Waals surface area contributed by atoms with Crippen molar-refractivity contribution in [3.63, 3.8) is 0 Å². The van der Waals surface area contributed by atoms with E-state index in [1.165, 1.54) is 6.42 Å². The van der Waals surface area contributed by atoms with Crippen LogP contribution in [0.4, 0.5) is 0 Å². The SMILES string of the molecule is CN=C(NCCOc1c(Cl)cc(Cl)cc1Cl)NCc1nnc2n1CCCC2. The molecule has 2 aromatic rings. The summed E-state index contributed by atoms with van der Waals surface area (Å²) in [5.74, 6) is 3.05. The third-order valence-electron chi connectivity index (χ3n) is 4.18. The molecule has 0 bridgehead atoms. The van der Waals surface area contributed by atoms with Crippen LogP contribution in [0.2, 0.25) is 15.1 Å². The zero-order valence-corrected chi connectivity index (χ0v) is 17.2. The lowest BCUT2D eigenvalue weighted by molar-refractivity contribution is 0.322. The van der Waals surface area contributed by atoms with E-state index in [4.69, 9.17) is 39.5 Å². The maximum Gasteiger partial charge on any atom is 0.191 e. The maximum absolute atomic E-state index is 6.10. The Kier molecular flexibility index (Phi) is 7.04. The number of aryl methyl sites for hydroxylation is 1. The summed E-state index contributed by atoms with van der Waals surface area (Å²) in [6.07, 6.45) is 3.34. The Morgan fingerprint density at radius 1 is 1.19 bits per heavy atom. The van der Waals surface area contributed by atoms with E-state index < -0.39 is 0 Å². The minimum absolute atomic E-state index is 0.363. The first-order valence-corrected chi connectivity index (χ1v) is 9.84. The number of aromatic nitrogens is 3. The number of halogens is 3. The van der Waals surface area contributed by atoms with Crippen molar-refractivity contribution < 1.29 is 4.74 Å². The summed E-state index contributed by atoms with van der Waals surface area (Å²) in [7, 11) is 1.71. The molecule has 1 aliphatic heterocycles. The van der Waals surface area contributed by atoms with E-state index in [9.17, 15) is 0 Å². The van der Waals surface area contributed by atoms with E-state index in [2.05, 4.69) is 30.4 Å². The third-order valence-corrected chi connectivity index (χ3v) is 4.96. The summed E-state index contributed by atoms with van der Waals surface area (Å²) >= 11 is 18.1. The van der Waals surface area contributed by atoms with Crippen LogP contribution in [0.25, 0.3) is 0 Å². The average molecular weight is 432 g/mol. The molecule has 1 aliphatic rings. The number of hydrogen-bond acceptors (Lipinski definition) is 4. The average Bonchev–Trinajstić information content (AvgIpc) is 3.06. The summed E-state index contributed by atoms with van der Waals surface area (Å²) in [5, 5.41) is 16.2. The van der Waals surface area contributed by atoms with Crippen LogP contribution in [-0.2, 0) is 19.5 Å². The molecule has 0 saturated carbocycles. The predicted octanol–water partition coefficient (Wildman–Crippen LogP) is 3.32. The van der Waals surface area contributed by atoms with Gasteiger partial charge in [-0.05, 0) is 25.0 Å². The fraction of sp³-hybridized carbons (Fsp3) is 0.471. The van der Waals surface area contributed by atoms with Gasteiger partial charge in [0, 0.05) is 25.0 Å². The Morgan fingerprint density at radius 2 is 1.96 bits per heavy atom. The van der Waals surface area contributed by atoms with Crippen LogP contribution >= 0.6 is 34.8 Å². The second-order valence-electron chi connectivity index (χ2n) is 6.04. The Balaban J connectivity index is 1.45. The first-order valence-electron chi connectivity index (χ1n) is 8.71. The van der Waals surface area contributed by atoms with Gasteiger partial charge < -0.3 is 19.9 Å². The number of hydrogen-bond donors (Lipinski definition) is 2. The Labute approximate surface area is 173 Å². The molecule has 0 unspecified atom stereocenters. The molecule has 1 aromatic carbocycles. The minimum Gasteiger partial charge on any atom is -0.489 e. The molecule has 2 N–H and O–H groups in total. The Hall–Kier alpha value is -1.70. The second-order valence-corrected chi connectivity index (χ2v) is 7.29. The number of nitrogens with zero attached hydrogens (tertiary/aromatic N) is 4. The van der Waals surface area contributed by atoms with Crippen molar-refractivity contribution in [2.75, 3.05) is 20.2 Å². The van der Waals surface area contributed by atoms with E-state index in [1.54, 1.807) is 19.2 Å². The van der Waals surface area contributed by atoms with Crippen molar-refractivity contribution in [2.45, 2.75) is 32.4 Å². The first kappa shape index (κ1) is 20.0. The van der Waals surface area contributed by atoms with Gasteiger partial charge >= 0.3 is 0 Å². The molecule has 0 radical (unpaired) electrons. The minimum atomic E-state index is 0.363. The molecule has 27 heavy (non-hydrogen) atoms. The molecule has 3 rings (SSSR count). The van der Waals surface area contributed by atoms with Crippen molar-refractivity contribution in [1.82, 2.24) is 25.4 Å². The van der Waals surface area contributed by atoms with E-state index in [0.29, 0.717) is 46.5 Å². The molecule has 10 heteroatoms. The Bertz CT molecular complexity index is 800. The highest BCUT2D eigenvalue weighted by Crippen LogP contribution is 2.35. The quantitative estimate of drug-likeness (QED) is 0.417. The lowest BCUT2D eigenvalue weighted by Gasteiger charge is -2.16. The van der Waals surface area contributed by atoms with Gasteiger partial charge in [0.2, 0.25) is 0 Å². The highest BCUT2D eigenvalue weighted by atomic mass is 35.5. The molecule has 0 amide bonds. The number of rotatable bonds is 6. The fourth-order valence-electron chi connectivity index (χ4n) is 2.87. The van der Waals surface area contributed by atoms with Crippen LogP contribution in [0.15, 0.2) is 17.1 Å². The molecule has 2 heterocycles. The van der Waals surface area contributed by atoms with Crippen LogP contribution in [0.1, 0.15) is 24.5 Å². The highest BCUT2D eigenvalue weighted by Gasteiger charge is 2.15. The smallest absolute Gasteiger partial charge is 0.191 e. The molecular weight excluding hydrogens is 411 g/mol. The first-order chi connectivity index (χ1) is 13.1. The molecule has 146 valence electrons. The number of fused-ring (bicyclic) bond motifs is 1. The van der Waals surface area contributed by atoms with E-state index in [1.807, 2.05) is 0 Å². The highest BCUT2D eigenvalue weighted by molar-refractivity contribution is 6.40. The van der Waals surface area contributed by atoms with Crippen molar-refractivity contribution in [3.05, 3.63) is 38.8 Å². The van der Waals surface area contributed by atoms with Crippen LogP contribution in [0, 0.1) is 0 Å².